The van der Waals surface area contributed by atoms with Gasteiger partial charge in [-0.05, 0) is 55.3 Å². The molecular weight excluding hydrogens is 488 g/mol. The van der Waals surface area contributed by atoms with E-state index in [4.69, 9.17) is 20.5 Å². The van der Waals surface area contributed by atoms with Gasteiger partial charge in [0.1, 0.15) is 16.5 Å². The molecule has 0 heterocycles. The Morgan fingerprint density at radius 3 is 2.43 bits per heavy atom. The van der Waals surface area contributed by atoms with E-state index in [1.807, 2.05) is 43.3 Å². The third kappa shape index (κ3) is 6.85. The summed E-state index contributed by atoms with van der Waals surface area (Å²) in [5.41, 5.74) is 2.00. The number of halogens is 1. The predicted molar refractivity (Wildman–Crippen MR) is 133 cm³/mol. The highest BCUT2D eigenvalue weighted by Gasteiger charge is 2.22. The maximum atomic E-state index is 12.8. The number of nitrogens with zero attached hydrogens (tertiary/aromatic N) is 1. The third-order valence-electron chi connectivity index (χ3n) is 4.81. The summed E-state index contributed by atoms with van der Waals surface area (Å²) in [4.78, 5) is 12.5. The highest BCUT2D eigenvalue weighted by Crippen LogP contribution is 2.39. The van der Waals surface area contributed by atoms with E-state index in [1.54, 1.807) is 19.1 Å². The molecule has 3 aromatic carbocycles. The van der Waals surface area contributed by atoms with Crippen molar-refractivity contribution in [3.63, 3.8) is 0 Å². The van der Waals surface area contributed by atoms with Gasteiger partial charge in [-0.2, -0.15) is 13.7 Å². The molecule has 3 rings (SSSR count). The minimum absolute atomic E-state index is 0.0348. The summed E-state index contributed by atoms with van der Waals surface area (Å²) in [5.74, 6) is -0.685. The van der Waals surface area contributed by atoms with Crippen LogP contribution in [0.1, 0.15) is 23.6 Å². The minimum atomic E-state index is -4.18. The van der Waals surface area contributed by atoms with E-state index in [-0.39, 0.29) is 40.1 Å². The first kappa shape index (κ1) is 25.8. The smallest absolute Gasteiger partial charge is 0.339 e. The van der Waals surface area contributed by atoms with Crippen LogP contribution in [0.2, 0.25) is 5.02 Å². The van der Waals surface area contributed by atoms with Crippen LogP contribution < -0.4 is 14.2 Å². The van der Waals surface area contributed by atoms with E-state index in [2.05, 4.69) is 5.32 Å². The quantitative estimate of drug-likeness (QED) is 0.245. The monoisotopic (exact) mass is 510 g/mol. The maximum absolute atomic E-state index is 12.8. The number of nitriles is 1. The molecule has 1 N–H and O–H groups in total. The molecule has 0 unspecified atom stereocenters. The summed E-state index contributed by atoms with van der Waals surface area (Å²) in [6, 6.07) is 20.2. The number of amides is 1. The largest absolute Gasteiger partial charge is 0.490 e. The molecule has 0 saturated carbocycles. The summed E-state index contributed by atoms with van der Waals surface area (Å²) >= 11 is 6.35. The van der Waals surface area contributed by atoms with Crippen molar-refractivity contribution in [3.8, 4) is 17.6 Å². The molecule has 0 fully saturated rings. The van der Waals surface area contributed by atoms with Crippen LogP contribution in [0.15, 0.2) is 77.2 Å². The standard InChI is InChI=1S/C26H23ClN2O5S/c1-3-33-24-15-20(13-21(16-28)26(30)29-17-19-7-5-4-6-8-19)14-23(27)25(24)34-35(31,32)22-11-9-18(2)10-12-22/h4-15H,3,17H2,1-2H3,(H,29,30)/b21-13+. The van der Waals surface area contributed by atoms with Crippen LogP contribution in [0.3, 0.4) is 0 Å². The molecular formula is C26H23ClN2O5S. The van der Waals surface area contributed by atoms with Gasteiger partial charge in [0, 0.05) is 6.54 Å². The first-order chi connectivity index (χ1) is 16.7. The fourth-order valence-electron chi connectivity index (χ4n) is 3.07. The SMILES string of the molecule is CCOc1cc(/C=C(\C#N)C(=O)NCc2ccccc2)cc(Cl)c1OS(=O)(=O)c1ccc(C)cc1. The Labute approximate surface area is 209 Å². The molecule has 0 aliphatic carbocycles. The van der Waals surface area contributed by atoms with E-state index in [9.17, 15) is 18.5 Å². The van der Waals surface area contributed by atoms with Crippen molar-refractivity contribution in [2.24, 2.45) is 0 Å². The molecule has 0 radical (unpaired) electrons. The number of hydrogen-bond donors (Lipinski definition) is 1. The number of hydrogen-bond acceptors (Lipinski definition) is 6. The van der Waals surface area contributed by atoms with Crippen molar-refractivity contribution in [3.05, 3.63) is 94.0 Å². The van der Waals surface area contributed by atoms with Crippen molar-refractivity contribution in [2.75, 3.05) is 6.61 Å². The van der Waals surface area contributed by atoms with Gasteiger partial charge in [0.2, 0.25) is 5.75 Å². The van der Waals surface area contributed by atoms with Crippen LogP contribution >= 0.6 is 11.6 Å². The van der Waals surface area contributed by atoms with Crippen molar-refractivity contribution in [2.45, 2.75) is 25.3 Å². The van der Waals surface area contributed by atoms with Gasteiger partial charge in [-0.25, -0.2) is 0 Å². The predicted octanol–water partition coefficient (Wildman–Crippen LogP) is 5.04. The molecule has 0 bridgehead atoms. The Kier molecular flexibility index (Phi) is 8.53. The molecule has 0 saturated heterocycles. The number of ether oxygens (including phenoxy) is 1. The summed E-state index contributed by atoms with van der Waals surface area (Å²) in [7, 11) is -4.18. The molecule has 3 aromatic rings. The van der Waals surface area contributed by atoms with Gasteiger partial charge < -0.3 is 14.2 Å². The van der Waals surface area contributed by atoms with Gasteiger partial charge in [0.25, 0.3) is 5.91 Å². The fraction of sp³-hybridized carbons (Fsp3) is 0.154. The summed E-state index contributed by atoms with van der Waals surface area (Å²) in [6.07, 6.45) is 1.34. The fourth-order valence-corrected chi connectivity index (χ4v) is 4.33. The Hall–Kier alpha value is -3.80. The van der Waals surface area contributed by atoms with E-state index in [1.165, 1.54) is 30.3 Å². The van der Waals surface area contributed by atoms with Crippen molar-refractivity contribution in [1.29, 1.82) is 5.26 Å². The lowest BCUT2D eigenvalue weighted by molar-refractivity contribution is -0.117. The van der Waals surface area contributed by atoms with Crippen LogP contribution in [0, 0.1) is 18.3 Å². The van der Waals surface area contributed by atoms with E-state index in [0.717, 1.165) is 11.1 Å². The first-order valence-corrected chi connectivity index (χ1v) is 12.4. The third-order valence-corrected chi connectivity index (χ3v) is 6.32. The molecule has 9 heteroatoms. The number of nitrogens with one attached hydrogen (secondary N) is 1. The zero-order valence-corrected chi connectivity index (χ0v) is 20.7. The second-order valence-electron chi connectivity index (χ2n) is 7.45. The minimum Gasteiger partial charge on any atom is -0.490 e. The second-order valence-corrected chi connectivity index (χ2v) is 9.41. The molecule has 1 amide bonds. The Morgan fingerprint density at radius 2 is 1.80 bits per heavy atom. The van der Waals surface area contributed by atoms with Crippen LogP contribution in [-0.4, -0.2) is 20.9 Å². The van der Waals surface area contributed by atoms with Gasteiger partial charge >= 0.3 is 10.1 Å². The molecule has 0 atom stereocenters. The van der Waals surface area contributed by atoms with Crippen molar-refractivity contribution >= 4 is 33.7 Å². The number of rotatable bonds is 9. The zero-order chi connectivity index (χ0) is 25.4. The molecule has 35 heavy (non-hydrogen) atoms. The van der Waals surface area contributed by atoms with Gasteiger partial charge in [-0.15, -0.1) is 0 Å². The number of benzene rings is 3. The molecule has 0 aromatic heterocycles. The molecule has 0 spiro atoms. The summed E-state index contributed by atoms with van der Waals surface area (Å²) in [6.45, 7) is 4.01. The van der Waals surface area contributed by atoms with E-state index >= 15 is 0 Å². The second kappa shape index (κ2) is 11.6. The average Bonchev–Trinajstić information content (AvgIpc) is 2.84. The van der Waals surface area contributed by atoms with Crippen LogP contribution in [0.25, 0.3) is 6.08 Å². The first-order valence-electron chi connectivity index (χ1n) is 10.6. The van der Waals surface area contributed by atoms with Crippen LogP contribution in [-0.2, 0) is 21.5 Å². The topological polar surface area (TPSA) is 105 Å². The highest BCUT2D eigenvalue weighted by molar-refractivity contribution is 7.87. The number of aryl methyl sites for hydroxylation is 1. The normalized spacial score (nSPS) is 11.4. The lowest BCUT2D eigenvalue weighted by Crippen LogP contribution is -2.23. The van der Waals surface area contributed by atoms with E-state index < -0.39 is 16.0 Å². The summed E-state index contributed by atoms with van der Waals surface area (Å²) in [5, 5.41) is 12.1. The average molecular weight is 511 g/mol. The van der Waals surface area contributed by atoms with E-state index in [0.29, 0.717) is 5.56 Å². The van der Waals surface area contributed by atoms with Gasteiger partial charge in [-0.3, -0.25) is 4.79 Å². The van der Waals surface area contributed by atoms with Gasteiger partial charge in [0.15, 0.2) is 5.75 Å². The maximum Gasteiger partial charge on any atom is 0.339 e. The van der Waals surface area contributed by atoms with Gasteiger partial charge in [-0.1, -0.05) is 59.6 Å². The molecule has 0 aliphatic rings. The number of carbonyl (C=O) groups excluding carboxylic acids is 1. The Bertz CT molecular complexity index is 1380. The van der Waals surface area contributed by atoms with Crippen LogP contribution in [0.5, 0.6) is 11.5 Å². The Balaban J connectivity index is 1.88. The summed E-state index contributed by atoms with van der Waals surface area (Å²) < 4.78 is 36.4. The number of carbonyl (C=O) groups is 1. The van der Waals surface area contributed by atoms with Crippen molar-refractivity contribution < 1.29 is 22.1 Å². The van der Waals surface area contributed by atoms with Crippen LogP contribution in [0.4, 0.5) is 0 Å². The molecule has 0 aliphatic heterocycles. The molecule has 7 nitrogen and oxygen atoms in total. The lowest BCUT2D eigenvalue weighted by atomic mass is 10.1. The lowest BCUT2D eigenvalue weighted by Gasteiger charge is -2.14. The van der Waals surface area contributed by atoms with Gasteiger partial charge in [0.05, 0.1) is 11.6 Å². The molecule has 180 valence electrons. The van der Waals surface area contributed by atoms with Crippen molar-refractivity contribution in [1.82, 2.24) is 5.32 Å². The Morgan fingerprint density at radius 1 is 1.11 bits per heavy atom. The zero-order valence-electron chi connectivity index (χ0n) is 19.1. The highest BCUT2D eigenvalue weighted by atomic mass is 35.5.